The Labute approximate surface area is 127 Å². The molecule has 7 nitrogen and oxygen atoms in total. The molecule has 9 heteroatoms. The van der Waals surface area contributed by atoms with Crippen LogP contribution >= 0.6 is 22.7 Å². The van der Waals surface area contributed by atoms with Crippen LogP contribution in [0.4, 0.5) is 5.13 Å². The number of anilines is 1. The number of carbonyl (C=O) groups is 3. The van der Waals surface area contributed by atoms with Gasteiger partial charge in [-0.3, -0.25) is 14.4 Å². The summed E-state index contributed by atoms with van der Waals surface area (Å²) in [6.45, 7) is -0.624. The first-order valence-corrected chi connectivity index (χ1v) is 7.57. The summed E-state index contributed by atoms with van der Waals surface area (Å²) in [6, 6.07) is 1.94. The highest BCUT2D eigenvalue weighted by atomic mass is 32.1. The summed E-state index contributed by atoms with van der Waals surface area (Å²) in [4.78, 5) is 39.5. The first kappa shape index (κ1) is 15.3. The summed E-state index contributed by atoms with van der Waals surface area (Å²) in [7, 11) is 0. The summed E-state index contributed by atoms with van der Waals surface area (Å²) >= 11 is 2.32. The Bertz CT molecular complexity index is 625. The standard InChI is InChI=1S/C12H11N3O4S2/c16-6-7(10(18)15-12-13-3-5-21-12)14-11(19)9(17)8-2-1-4-20-8/h1-5,7,16H,6H2,(H,14,19)(H,13,15,18)/t7-/m0/s1. The summed E-state index contributed by atoms with van der Waals surface area (Å²) in [5, 5.41) is 17.5. The minimum Gasteiger partial charge on any atom is -0.394 e. The van der Waals surface area contributed by atoms with Crippen molar-refractivity contribution in [3.05, 3.63) is 34.0 Å². The number of hydrogen-bond donors (Lipinski definition) is 3. The molecule has 0 aliphatic carbocycles. The SMILES string of the molecule is O=C(N[C@@H](CO)C(=O)Nc1nccs1)C(=O)c1cccs1. The second kappa shape index (κ2) is 7.07. The number of nitrogens with zero attached hydrogens (tertiary/aromatic N) is 1. The average molecular weight is 325 g/mol. The number of thiazole rings is 1. The summed E-state index contributed by atoms with van der Waals surface area (Å²) in [6.07, 6.45) is 1.51. The van der Waals surface area contributed by atoms with Gasteiger partial charge in [-0.25, -0.2) is 4.98 Å². The highest BCUT2D eigenvalue weighted by Crippen LogP contribution is 2.11. The van der Waals surface area contributed by atoms with E-state index < -0.39 is 30.2 Å². The fourth-order valence-corrected chi connectivity index (χ4v) is 2.61. The van der Waals surface area contributed by atoms with Gasteiger partial charge in [0.15, 0.2) is 5.13 Å². The third-order valence-electron chi connectivity index (χ3n) is 2.42. The van der Waals surface area contributed by atoms with Gasteiger partial charge in [-0.15, -0.1) is 22.7 Å². The van der Waals surface area contributed by atoms with Crippen molar-refractivity contribution in [3.8, 4) is 0 Å². The molecule has 2 amide bonds. The Morgan fingerprint density at radius 1 is 1.29 bits per heavy atom. The zero-order valence-corrected chi connectivity index (χ0v) is 12.2. The van der Waals surface area contributed by atoms with Gasteiger partial charge in [0, 0.05) is 11.6 Å². The van der Waals surface area contributed by atoms with E-state index in [0.29, 0.717) is 5.13 Å². The monoisotopic (exact) mass is 325 g/mol. The van der Waals surface area contributed by atoms with Crippen LogP contribution in [0.2, 0.25) is 0 Å². The fraction of sp³-hybridized carbons (Fsp3) is 0.167. The number of ketones is 1. The van der Waals surface area contributed by atoms with Crippen molar-refractivity contribution < 1.29 is 19.5 Å². The van der Waals surface area contributed by atoms with Crippen LogP contribution in [-0.4, -0.2) is 40.3 Å². The zero-order chi connectivity index (χ0) is 15.2. The number of thiophene rings is 1. The Morgan fingerprint density at radius 3 is 2.67 bits per heavy atom. The molecule has 110 valence electrons. The topological polar surface area (TPSA) is 108 Å². The number of rotatable bonds is 6. The molecule has 0 aliphatic heterocycles. The molecule has 0 unspecified atom stereocenters. The van der Waals surface area contributed by atoms with Gasteiger partial charge < -0.3 is 15.7 Å². The minimum absolute atomic E-state index is 0.268. The lowest BCUT2D eigenvalue weighted by molar-refractivity contribution is -0.124. The van der Waals surface area contributed by atoms with E-state index in [9.17, 15) is 19.5 Å². The van der Waals surface area contributed by atoms with E-state index in [1.807, 2.05) is 0 Å². The fourth-order valence-electron chi connectivity index (χ4n) is 1.42. The van der Waals surface area contributed by atoms with Crippen molar-refractivity contribution in [2.75, 3.05) is 11.9 Å². The molecule has 0 spiro atoms. The van der Waals surface area contributed by atoms with Crippen LogP contribution in [0, 0.1) is 0 Å². The Hall–Kier alpha value is -2.10. The van der Waals surface area contributed by atoms with E-state index in [0.717, 1.165) is 11.3 Å². The Kier molecular flexibility index (Phi) is 5.14. The lowest BCUT2D eigenvalue weighted by Crippen LogP contribution is -2.48. The predicted molar refractivity (Wildman–Crippen MR) is 78.4 cm³/mol. The molecule has 2 aromatic heterocycles. The van der Waals surface area contributed by atoms with Crippen molar-refractivity contribution in [2.24, 2.45) is 0 Å². The molecular weight excluding hydrogens is 314 g/mol. The average Bonchev–Trinajstić information content (AvgIpc) is 3.16. The molecule has 0 saturated heterocycles. The molecule has 0 saturated carbocycles. The van der Waals surface area contributed by atoms with Crippen LogP contribution in [0.3, 0.4) is 0 Å². The number of carbonyl (C=O) groups excluding carboxylic acids is 3. The molecule has 1 atom stereocenters. The molecule has 0 aromatic carbocycles. The number of aromatic nitrogens is 1. The third-order valence-corrected chi connectivity index (χ3v) is 3.98. The van der Waals surface area contributed by atoms with Gasteiger partial charge >= 0.3 is 0 Å². The molecule has 0 fully saturated rings. The second-order valence-electron chi connectivity index (χ2n) is 3.84. The van der Waals surface area contributed by atoms with Crippen LogP contribution in [0.15, 0.2) is 29.1 Å². The molecule has 0 bridgehead atoms. The van der Waals surface area contributed by atoms with Gasteiger partial charge in [0.05, 0.1) is 11.5 Å². The Balaban J connectivity index is 1.96. The molecule has 2 heterocycles. The third kappa shape index (κ3) is 3.94. The first-order valence-electron chi connectivity index (χ1n) is 5.81. The minimum atomic E-state index is -1.22. The zero-order valence-electron chi connectivity index (χ0n) is 10.6. The van der Waals surface area contributed by atoms with Crippen LogP contribution in [0.5, 0.6) is 0 Å². The van der Waals surface area contributed by atoms with Gasteiger partial charge in [0.25, 0.3) is 17.6 Å². The van der Waals surface area contributed by atoms with Crippen molar-refractivity contribution >= 4 is 45.4 Å². The lowest BCUT2D eigenvalue weighted by atomic mass is 10.2. The number of aliphatic hydroxyl groups excluding tert-OH is 1. The molecule has 2 aromatic rings. The van der Waals surface area contributed by atoms with Gasteiger partial charge in [0.2, 0.25) is 0 Å². The highest BCUT2D eigenvalue weighted by Gasteiger charge is 2.25. The van der Waals surface area contributed by atoms with Crippen LogP contribution in [0.25, 0.3) is 0 Å². The van der Waals surface area contributed by atoms with Crippen LogP contribution in [-0.2, 0) is 9.59 Å². The Morgan fingerprint density at radius 2 is 2.10 bits per heavy atom. The van der Waals surface area contributed by atoms with E-state index in [2.05, 4.69) is 15.6 Å². The van der Waals surface area contributed by atoms with Gasteiger partial charge in [-0.05, 0) is 11.4 Å². The summed E-state index contributed by atoms with van der Waals surface area (Å²) in [5.41, 5.74) is 0. The summed E-state index contributed by atoms with van der Waals surface area (Å²) in [5.74, 6) is -2.32. The van der Waals surface area contributed by atoms with E-state index in [4.69, 9.17) is 0 Å². The number of hydrogen-bond acceptors (Lipinski definition) is 7. The molecule has 21 heavy (non-hydrogen) atoms. The van der Waals surface area contributed by atoms with Crippen molar-refractivity contribution in [1.29, 1.82) is 0 Å². The molecular formula is C12H11N3O4S2. The molecule has 2 rings (SSSR count). The largest absolute Gasteiger partial charge is 0.394 e. The van der Waals surface area contributed by atoms with E-state index in [-0.39, 0.29) is 4.88 Å². The molecule has 3 N–H and O–H groups in total. The number of Topliss-reactive ketones (excluding diaryl/α,β-unsaturated/α-hetero) is 1. The van der Waals surface area contributed by atoms with Crippen molar-refractivity contribution in [3.63, 3.8) is 0 Å². The van der Waals surface area contributed by atoms with Crippen molar-refractivity contribution in [1.82, 2.24) is 10.3 Å². The van der Waals surface area contributed by atoms with E-state index >= 15 is 0 Å². The van der Waals surface area contributed by atoms with E-state index in [1.54, 1.807) is 16.8 Å². The number of aliphatic hydroxyl groups is 1. The molecule has 0 aliphatic rings. The highest BCUT2D eigenvalue weighted by molar-refractivity contribution is 7.13. The number of amides is 2. The van der Waals surface area contributed by atoms with Crippen molar-refractivity contribution in [2.45, 2.75) is 6.04 Å². The van der Waals surface area contributed by atoms with Gasteiger partial charge in [-0.2, -0.15) is 0 Å². The lowest BCUT2D eigenvalue weighted by Gasteiger charge is -2.14. The number of nitrogens with one attached hydrogen (secondary N) is 2. The maximum atomic E-state index is 11.9. The van der Waals surface area contributed by atoms with Crippen LogP contribution < -0.4 is 10.6 Å². The van der Waals surface area contributed by atoms with E-state index in [1.165, 1.54) is 23.6 Å². The normalized spacial score (nSPS) is 11.7. The smallest absolute Gasteiger partial charge is 0.293 e. The predicted octanol–water partition coefficient (Wildman–Crippen LogP) is 0.503. The van der Waals surface area contributed by atoms with Crippen LogP contribution in [0.1, 0.15) is 9.67 Å². The molecule has 0 radical (unpaired) electrons. The maximum absolute atomic E-state index is 11.9. The van der Waals surface area contributed by atoms with Gasteiger partial charge in [0.1, 0.15) is 6.04 Å². The quantitative estimate of drug-likeness (QED) is 0.529. The van der Waals surface area contributed by atoms with Gasteiger partial charge in [-0.1, -0.05) is 6.07 Å². The second-order valence-corrected chi connectivity index (χ2v) is 5.68. The maximum Gasteiger partial charge on any atom is 0.293 e. The summed E-state index contributed by atoms with van der Waals surface area (Å²) < 4.78 is 0. The first-order chi connectivity index (χ1) is 10.1.